The van der Waals surface area contributed by atoms with E-state index in [4.69, 9.17) is 17.3 Å². The number of amides is 1. The highest BCUT2D eigenvalue weighted by Gasteiger charge is 2.35. The first-order chi connectivity index (χ1) is 11.4. The fraction of sp³-hybridized carbons (Fsp3) is 0.533. The van der Waals surface area contributed by atoms with Gasteiger partial charge in [-0.1, -0.05) is 18.0 Å². The first kappa shape index (κ1) is 19.1. The maximum absolute atomic E-state index is 13.5. The first-order valence-electron chi connectivity index (χ1n) is 7.80. The van der Waals surface area contributed by atoms with Gasteiger partial charge in [0, 0.05) is 32.1 Å². The van der Waals surface area contributed by atoms with Crippen molar-refractivity contribution in [2.75, 3.05) is 19.6 Å². The fourth-order valence-corrected chi connectivity index (χ4v) is 4.93. The maximum atomic E-state index is 13.5. The number of rotatable bonds is 6. The lowest BCUT2D eigenvalue weighted by molar-refractivity contribution is -0.121. The van der Waals surface area contributed by atoms with Crippen LogP contribution in [0.2, 0.25) is 5.02 Å². The molecule has 3 N–H and O–H groups in total. The molecule has 9 heteroatoms. The third-order valence-corrected chi connectivity index (χ3v) is 6.39. The van der Waals surface area contributed by atoms with Crippen LogP contribution in [0.25, 0.3) is 0 Å². The molecule has 1 heterocycles. The average molecular weight is 378 g/mol. The van der Waals surface area contributed by atoms with E-state index >= 15 is 0 Å². The molecule has 0 bridgehead atoms. The maximum Gasteiger partial charge on any atom is 0.244 e. The predicted molar refractivity (Wildman–Crippen MR) is 89.6 cm³/mol. The molecular weight excluding hydrogens is 357 g/mol. The molecule has 0 radical (unpaired) electrons. The normalized spacial score (nSPS) is 19.2. The van der Waals surface area contributed by atoms with E-state index in [0.29, 0.717) is 19.4 Å². The van der Waals surface area contributed by atoms with Gasteiger partial charge in [-0.25, -0.2) is 12.8 Å². The van der Waals surface area contributed by atoms with Gasteiger partial charge in [-0.2, -0.15) is 4.31 Å². The number of piperidine rings is 1. The van der Waals surface area contributed by atoms with Gasteiger partial charge >= 0.3 is 0 Å². The molecule has 1 aromatic carbocycles. The summed E-state index contributed by atoms with van der Waals surface area (Å²) in [5, 5.41) is 2.68. The van der Waals surface area contributed by atoms with Gasteiger partial charge < -0.3 is 11.1 Å². The van der Waals surface area contributed by atoms with E-state index < -0.39 is 15.8 Å². The molecule has 2 rings (SSSR count). The second kappa shape index (κ2) is 8.24. The SMILES string of the molecule is NCCC(=O)NCC1CCCCN1S(=O)(=O)c1cc(F)ccc1Cl. The zero-order valence-corrected chi connectivity index (χ0v) is 14.7. The van der Waals surface area contributed by atoms with E-state index in [1.165, 1.54) is 10.4 Å². The van der Waals surface area contributed by atoms with Crippen molar-refractivity contribution in [1.82, 2.24) is 9.62 Å². The summed E-state index contributed by atoms with van der Waals surface area (Å²) in [6, 6.07) is 2.88. The van der Waals surface area contributed by atoms with Gasteiger partial charge in [0.25, 0.3) is 0 Å². The minimum absolute atomic E-state index is 0.0205. The molecule has 1 atom stereocenters. The molecule has 1 saturated heterocycles. The van der Waals surface area contributed by atoms with Crippen molar-refractivity contribution in [3.63, 3.8) is 0 Å². The molecule has 1 unspecified atom stereocenters. The number of carbonyl (C=O) groups is 1. The zero-order chi connectivity index (χ0) is 17.7. The van der Waals surface area contributed by atoms with E-state index in [2.05, 4.69) is 5.32 Å². The van der Waals surface area contributed by atoms with Crippen molar-refractivity contribution in [2.45, 2.75) is 36.6 Å². The highest BCUT2D eigenvalue weighted by Crippen LogP contribution is 2.30. The van der Waals surface area contributed by atoms with E-state index in [0.717, 1.165) is 18.6 Å². The first-order valence-corrected chi connectivity index (χ1v) is 9.61. The summed E-state index contributed by atoms with van der Waals surface area (Å²) < 4.78 is 40.5. The Labute approximate surface area is 146 Å². The Balaban J connectivity index is 2.22. The Bertz CT molecular complexity index is 699. The Morgan fingerprint density at radius 3 is 2.88 bits per heavy atom. The highest BCUT2D eigenvalue weighted by molar-refractivity contribution is 7.89. The van der Waals surface area contributed by atoms with E-state index in [9.17, 15) is 17.6 Å². The number of benzene rings is 1. The van der Waals surface area contributed by atoms with Crippen LogP contribution in [0, 0.1) is 5.82 Å². The standard InChI is InChI=1S/C15H21ClFN3O3S/c16-13-5-4-11(17)9-14(13)24(22,23)20-8-2-1-3-12(20)10-19-15(21)6-7-18/h4-5,9,12H,1-3,6-8,10,18H2,(H,19,21). The second-order valence-electron chi connectivity index (χ2n) is 5.68. The molecule has 1 aliphatic rings. The number of nitrogens with two attached hydrogens (primary N) is 1. The van der Waals surface area contributed by atoms with Crippen LogP contribution < -0.4 is 11.1 Å². The lowest BCUT2D eigenvalue weighted by Crippen LogP contribution is -2.49. The lowest BCUT2D eigenvalue weighted by atomic mass is 10.1. The third-order valence-electron chi connectivity index (χ3n) is 3.96. The summed E-state index contributed by atoms with van der Waals surface area (Å²) in [4.78, 5) is 11.3. The van der Waals surface area contributed by atoms with Crippen LogP contribution in [0.1, 0.15) is 25.7 Å². The summed E-state index contributed by atoms with van der Waals surface area (Å²) in [5.74, 6) is -0.882. The van der Waals surface area contributed by atoms with Crippen molar-refractivity contribution in [1.29, 1.82) is 0 Å². The van der Waals surface area contributed by atoms with Gasteiger partial charge in [-0.3, -0.25) is 4.79 Å². The largest absolute Gasteiger partial charge is 0.354 e. The van der Waals surface area contributed by atoms with Gasteiger partial charge in [0.05, 0.1) is 5.02 Å². The molecule has 0 aliphatic carbocycles. The smallest absolute Gasteiger partial charge is 0.244 e. The molecule has 134 valence electrons. The van der Waals surface area contributed by atoms with Crippen LogP contribution in [0.5, 0.6) is 0 Å². The Morgan fingerprint density at radius 1 is 1.42 bits per heavy atom. The average Bonchev–Trinajstić information content (AvgIpc) is 2.55. The summed E-state index contributed by atoms with van der Waals surface area (Å²) in [5.41, 5.74) is 5.32. The molecule has 1 aliphatic heterocycles. The summed E-state index contributed by atoms with van der Waals surface area (Å²) in [6.07, 6.45) is 2.38. The molecular formula is C15H21ClFN3O3S. The lowest BCUT2D eigenvalue weighted by Gasteiger charge is -2.35. The minimum Gasteiger partial charge on any atom is -0.354 e. The number of carbonyl (C=O) groups excluding carboxylic acids is 1. The topological polar surface area (TPSA) is 92.5 Å². The minimum atomic E-state index is -3.94. The summed E-state index contributed by atoms with van der Waals surface area (Å²) in [7, 11) is -3.94. The monoisotopic (exact) mass is 377 g/mol. The molecule has 6 nitrogen and oxygen atoms in total. The van der Waals surface area contributed by atoms with Crippen molar-refractivity contribution >= 4 is 27.5 Å². The van der Waals surface area contributed by atoms with Crippen molar-refractivity contribution in [2.24, 2.45) is 5.73 Å². The number of hydrogen-bond acceptors (Lipinski definition) is 4. The molecule has 24 heavy (non-hydrogen) atoms. The molecule has 1 fully saturated rings. The Morgan fingerprint density at radius 2 is 2.17 bits per heavy atom. The summed E-state index contributed by atoms with van der Waals surface area (Å²) >= 11 is 5.96. The molecule has 1 amide bonds. The van der Waals surface area contributed by atoms with Crippen LogP contribution in [-0.4, -0.2) is 44.3 Å². The molecule has 1 aromatic rings. The number of sulfonamides is 1. The molecule has 0 aromatic heterocycles. The van der Waals surface area contributed by atoms with Gasteiger partial charge in [0.1, 0.15) is 10.7 Å². The number of nitrogens with one attached hydrogen (secondary N) is 1. The van der Waals surface area contributed by atoms with E-state index in [-0.39, 0.29) is 41.4 Å². The number of hydrogen-bond donors (Lipinski definition) is 2. The van der Waals surface area contributed by atoms with Crippen LogP contribution >= 0.6 is 11.6 Å². The highest BCUT2D eigenvalue weighted by atomic mass is 35.5. The second-order valence-corrected chi connectivity index (χ2v) is 7.95. The zero-order valence-electron chi connectivity index (χ0n) is 13.2. The van der Waals surface area contributed by atoms with Crippen LogP contribution in [0.4, 0.5) is 4.39 Å². The van der Waals surface area contributed by atoms with Crippen LogP contribution in [-0.2, 0) is 14.8 Å². The van der Waals surface area contributed by atoms with E-state index in [1.54, 1.807) is 0 Å². The van der Waals surface area contributed by atoms with Gasteiger partial charge in [0.15, 0.2) is 0 Å². The van der Waals surface area contributed by atoms with Crippen LogP contribution in [0.15, 0.2) is 23.1 Å². The van der Waals surface area contributed by atoms with Crippen molar-refractivity contribution in [3.05, 3.63) is 29.0 Å². The fourth-order valence-electron chi connectivity index (χ4n) is 2.75. The quantitative estimate of drug-likeness (QED) is 0.785. The Kier molecular flexibility index (Phi) is 6.56. The van der Waals surface area contributed by atoms with Crippen LogP contribution in [0.3, 0.4) is 0 Å². The van der Waals surface area contributed by atoms with Gasteiger partial charge in [-0.15, -0.1) is 0 Å². The van der Waals surface area contributed by atoms with Crippen molar-refractivity contribution in [3.8, 4) is 0 Å². The molecule has 0 saturated carbocycles. The summed E-state index contributed by atoms with van der Waals surface area (Å²) in [6.45, 7) is 0.745. The number of halogens is 2. The van der Waals surface area contributed by atoms with Gasteiger partial charge in [0.2, 0.25) is 15.9 Å². The van der Waals surface area contributed by atoms with E-state index in [1.807, 2.05) is 0 Å². The Hall–Kier alpha value is -1.22. The van der Waals surface area contributed by atoms with Crippen molar-refractivity contribution < 1.29 is 17.6 Å². The van der Waals surface area contributed by atoms with Gasteiger partial charge in [-0.05, 0) is 31.0 Å². The predicted octanol–water partition coefficient (Wildman–Crippen LogP) is 1.49. The third kappa shape index (κ3) is 4.44. The number of nitrogens with zero attached hydrogens (tertiary/aromatic N) is 1. The molecule has 0 spiro atoms.